The molecule has 230 valence electrons. The SMILES string of the molecule is c1ccc(-c2cccc(N(c3ccc4ccc5oc6ccccc6c5c4c3)c3cccc4c5ccccc5n(-c5ccccc5)c34)c2)cc1. The fourth-order valence-electron chi connectivity index (χ4n) is 7.58. The zero-order valence-electron chi connectivity index (χ0n) is 26.6. The van der Waals surface area contributed by atoms with Crippen LogP contribution in [0.5, 0.6) is 0 Å². The molecule has 0 amide bonds. The Labute approximate surface area is 283 Å². The van der Waals surface area contributed by atoms with Crippen LogP contribution in [0.3, 0.4) is 0 Å². The van der Waals surface area contributed by atoms with Crippen LogP contribution in [0.15, 0.2) is 186 Å². The second-order valence-corrected chi connectivity index (χ2v) is 12.6. The third-order valence-electron chi connectivity index (χ3n) is 9.74. The van der Waals surface area contributed by atoms with Gasteiger partial charge in [-0.15, -0.1) is 0 Å². The average Bonchev–Trinajstić information content (AvgIpc) is 3.73. The number of anilines is 3. The normalized spacial score (nSPS) is 11.7. The number of hydrogen-bond acceptors (Lipinski definition) is 2. The van der Waals surface area contributed by atoms with Crippen molar-refractivity contribution in [3.63, 3.8) is 0 Å². The van der Waals surface area contributed by atoms with E-state index in [9.17, 15) is 0 Å². The third kappa shape index (κ3) is 4.37. The monoisotopic (exact) mass is 626 g/mol. The minimum atomic E-state index is 0.898. The summed E-state index contributed by atoms with van der Waals surface area (Å²) in [6.07, 6.45) is 0. The standard InChI is InChI=1S/C46H30N2O/c1-3-13-31(14-4-1)33-15-11-18-35(29-33)47(36-27-25-32-26-28-44-45(40(32)30-36)39-20-8-10-24-43(39)49-44)42-23-12-21-38-37-19-7-9-22-41(37)48(46(38)42)34-16-5-2-6-17-34/h1-30H. The van der Waals surface area contributed by atoms with Crippen LogP contribution in [0.2, 0.25) is 0 Å². The van der Waals surface area contributed by atoms with E-state index in [0.717, 1.165) is 50.2 Å². The molecule has 49 heavy (non-hydrogen) atoms. The van der Waals surface area contributed by atoms with Crippen LogP contribution in [-0.2, 0) is 0 Å². The molecular formula is C46H30N2O. The lowest BCUT2D eigenvalue weighted by Gasteiger charge is -2.28. The van der Waals surface area contributed by atoms with E-state index in [4.69, 9.17) is 4.42 Å². The van der Waals surface area contributed by atoms with Gasteiger partial charge in [0.15, 0.2) is 0 Å². The molecule has 0 aliphatic carbocycles. The number of aromatic nitrogens is 1. The molecule has 0 fully saturated rings. The fraction of sp³-hybridized carbons (Fsp3) is 0. The lowest BCUT2D eigenvalue weighted by molar-refractivity contribution is 0.669. The highest BCUT2D eigenvalue weighted by Gasteiger charge is 2.22. The molecule has 0 N–H and O–H groups in total. The van der Waals surface area contributed by atoms with Gasteiger partial charge in [-0.05, 0) is 82.6 Å². The van der Waals surface area contributed by atoms with Crippen molar-refractivity contribution >= 4 is 71.6 Å². The van der Waals surface area contributed by atoms with Crippen LogP contribution in [0.1, 0.15) is 0 Å². The highest BCUT2D eigenvalue weighted by molar-refractivity contribution is 6.20. The summed E-state index contributed by atoms with van der Waals surface area (Å²) in [6.45, 7) is 0. The molecule has 2 aromatic heterocycles. The molecule has 0 radical (unpaired) electrons. The zero-order chi connectivity index (χ0) is 32.3. The first kappa shape index (κ1) is 27.5. The summed E-state index contributed by atoms with van der Waals surface area (Å²) >= 11 is 0. The van der Waals surface area contributed by atoms with Gasteiger partial charge in [-0.25, -0.2) is 0 Å². The predicted molar refractivity (Wildman–Crippen MR) is 206 cm³/mol. The molecule has 10 rings (SSSR count). The topological polar surface area (TPSA) is 21.3 Å². The lowest BCUT2D eigenvalue weighted by Crippen LogP contribution is -2.12. The first-order valence-corrected chi connectivity index (χ1v) is 16.7. The van der Waals surface area contributed by atoms with Crippen molar-refractivity contribution in [3.05, 3.63) is 182 Å². The number of benzene rings is 8. The van der Waals surface area contributed by atoms with Gasteiger partial charge in [0.25, 0.3) is 0 Å². The van der Waals surface area contributed by atoms with Crippen LogP contribution in [0, 0.1) is 0 Å². The van der Waals surface area contributed by atoms with Gasteiger partial charge in [-0.2, -0.15) is 0 Å². The molecule has 0 aliphatic rings. The second kappa shape index (κ2) is 11.0. The number of fused-ring (bicyclic) bond motifs is 8. The summed E-state index contributed by atoms with van der Waals surface area (Å²) in [5, 5.41) is 7.06. The smallest absolute Gasteiger partial charge is 0.136 e. The van der Waals surface area contributed by atoms with Gasteiger partial charge in [0.2, 0.25) is 0 Å². The Hall–Kier alpha value is -6.58. The number of para-hydroxylation sites is 4. The summed E-state index contributed by atoms with van der Waals surface area (Å²) in [5.41, 5.74) is 10.9. The average molecular weight is 627 g/mol. The van der Waals surface area contributed by atoms with E-state index >= 15 is 0 Å². The van der Waals surface area contributed by atoms with Crippen LogP contribution in [0.4, 0.5) is 17.1 Å². The van der Waals surface area contributed by atoms with Gasteiger partial charge >= 0.3 is 0 Å². The van der Waals surface area contributed by atoms with Gasteiger partial charge in [0.05, 0.1) is 16.7 Å². The van der Waals surface area contributed by atoms with E-state index in [1.165, 1.54) is 38.2 Å². The van der Waals surface area contributed by atoms with Crippen molar-refractivity contribution in [1.82, 2.24) is 4.57 Å². The van der Waals surface area contributed by atoms with Gasteiger partial charge in [-0.3, -0.25) is 0 Å². The fourth-order valence-corrected chi connectivity index (χ4v) is 7.58. The summed E-state index contributed by atoms with van der Waals surface area (Å²) in [4.78, 5) is 2.42. The zero-order valence-corrected chi connectivity index (χ0v) is 26.6. The van der Waals surface area contributed by atoms with Crippen molar-refractivity contribution in [2.24, 2.45) is 0 Å². The largest absolute Gasteiger partial charge is 0.456 e. The molecule has 8 aromatic carbocycles. The van der Waals surface area contributed by atoms with Gasteiger partial charge in [0.1, 0.15) is 11.2 Å². The Morgan fingerprint density at radius 3 is 1.98 bits per heavy atom. The molecular weight excluding hydrogens is 597 g/mol. The molecule has 0 spiro atoms. The molecule has 0 atom stereocenters. The minimum absolute atomic E-state index is 0.898. The van der Waals surface area contributed by atoms with Gasteiger partial charge in [-0.1, -0.05) is 121 Å². The first-order chi connectivity index (χ1) is 24.3. The molecule has 0 unspecified atom stereocenters. The highest BCUT2D eigenvalue weighted by Crippen LogP contribution is 2.45. The van der Waals surface area contributed by atoms with E-state index in [1.807, 2.05) is 6.07 Å². The summed E-state index contributed by atoms with van der Waals surface area (Å²) in [5.74, 6) is 0. The molecule has 10 aromatic rings. The van der Waals surface area contributed by atoms with E-state index in [0.29, 0.717) is 0 Å². The van der Waals surface area contributed by atoms with E-state index in [2.05, 4.69) is 185 Å². The molecule has 0 saturated carbocycles. The van der Waals surface area contributed by atoms with E-state index in [-0.39, 0.29) is 0 Å². The second-order valence-electron chi connectivity index (χ2n) is 12.6. The van der Waals surface area contributed by atoms with Crippen LogP contribution < -0.4 is 4.90 Å². The lowest BCUT2D eigenvalue weighted by atomic mass is 10.0. The molecule has 3 heteroatoms. The van der Waals surface area contributed by atoms with Gasteiger partial charge in [0, 0.05) is 38.6 Å². The quantitative estimate of drug-likeness (QED) is 0.190. The van der Waals surface area contributed by atoms with Crippen molar-refractivity contribution in [3.8, 4) is 16.8 Å². The summed E-state index contributed by atoms with van der Waals surface area (Å²) < 4.78 is 8.75. The number of furan rings is 1. The Balaban J connectivity index is 1.31. The molecule has 3 nitrogen and oxygen atoms in total. The van der Waals surface area contributed by atoms with Crippen molar-refractivity contribution < 1.29 is 4.42 Å². The van der Waals surface area contributed by atoms with Crippen LogP contribution in [-0.4, -0.2) is 4.57 Å². The Morgan fingerprint density at radius 2 is 1.10 bits per heavy atom. The Kier molecular flexibility index (Phi) is 6.18. The maximum absolute atomic E-state index is 6.33. The third-order valence-corrected chi connectivity index (χ3v) is 9.74. The highest BCUT2D eigenvalue weighted by atomic mass is 16.3. The maximum Gasteiger partial charge on any atom is 0.136 e. The number of nitrogens with zero attached hydrogens (tertiary/aromatic N) is 2. The predicted octanol–water partition coefficient (Wildman–Crippen LogP) is 13.0. The number of rotatable bonds is 5. The summed E-state index contributed by atoms with van der Waals surface area (Å²) in [7, 11) is 0. The van der Waals surface area contributed by atoms with Crippen LogP contribution in [0.25, 0.3) is 71.3 Å². The van der Waals surface area contributed by atoms with Crippen molar-refractivity contribution in [2.75, 3.05) is 4.90 Å². The Morgan fingerprint density at radius 1 is 0.429 bits per heavy atom. The van der Waals surface area contributed by atoms with Crippen molar-refractivity contribution in [1.29, 1.82) is 0 Å². The van der Waals surface area contributed by atoms with E-state index in [1.54, 1.807) is 0 Å². The molecule has 0 aliphatic heterocycles. The first-order valence-electron chi connectivity index (χ1n) is 16.7. The molecule has 2 heterocycles. The molecule has 0 bridgehead atoms. The minimum Gasteiger partial charge on any atom is -0.456 e. The summed E-state index contributed by atoms with van der Waals surface area (Å²) in [6, 6.07) is 65.0. The van der Waals surface area contributed by atoms with Crippen LogP contribution >= 0.6 is 0 Å². The van der Waals surface area contributed by atoms with E-state index < -0.39 is 0 Å². The molecule has 0 saturated heterocycles. The van der Waals surface area contributed by atoms with Crippen molar-refractivity contribution in [2.45, 2.75) is 0 Å². The maximum atomic E-state index is 6.33. The van der Waals surface area contributed by atoms with Gasteiger partial charge < -0.3 is 13.9 Å². The Bertz CT molecular complexity index is 2830. The number of hydrogen-bond donors (Lipinski definition) is 0.